The summed E-state index contributed by atoms with van der Waals surface area (Å²) in [4.78, 5) is 2.40. The van der Waals surface area contributed by atoms with Crippen molar-refractivity contribution in [2.75, 3.05) is 31.1 Å². The van der Waals surface area contributed by atoms with Crippen molar-refractivity contribution in [1.82, 2.24) is 4.57 Å². The predicted molar refractivity (Wildman–Crippen MR) is 174 cm³/mol. The van der Waals surface area contributed by atoms with E-state index in [1.54, 1.807) is 0 Å². The fourth-order valence-corrected chi connectivity index (χ4v) is 6.09. The second kappa shape index (κ2) is 12.4. The maximum absolute atomic E-state index is 2.48. The highest BCUT2D eigenvalue weighted by molar-refractivity contribution is 6.08. The van der Waals surface area contributed by atoms with Crippen LogP contribution in [-0.4, -0.2) is 41.0 Å². The van der Waals surface area contributed by atoms with Gasteiger partial charge in [-0.15, -0.1) is 0 Å². The van der Waals surface area contributed by atoms with Crippen molar-refractivity contribution in [3.05, 3.63) is 120 Å². The first kappa shape index (κ1) is 27.5. The van der Waals surface area contributed by atoms with E-state index in [-0.39, 0.29) is 0 Å². The van der Waals surface area contributed by atoms with Crippen LogP contribution in [-0.2, 0) is 6.54 Å². The second-order valence-corrected chi connectivity index (χ2v) is 10.2. The van der Waals surface area contributed by atoms with E-state index in [0.29, 0.717) is 0 Å². The number of hydrogen-bond acceptors (Lipinski definition) is 1. The molecule has 40 heavy (non-hydrogen) atoms. The van der Waals surface area contributed by atoms with Gasteiger partial charge in [0.1, 0.15) is 13.1 Å². The summed E-state index contributed by atoms with van der Waals surface area (Å²) in [5.74, 6) is 0. The number of rotatable bonds is 9. The van der Waals surface area contributed by atoms with Gasteiger partial charge in [0.2, 0.25) is 0 Å². The van der Waals surface area contributed by atoms with Crippen molar-refractivity contribution in [2.24, 2.45) is 0 Å². The third-order valence-corrected chi connectivity index (χ3v) is 8.15. The Kier molecular flexibility index (Phi) is 8.50. The summed E-state index contributed by atoms with van der Waals surface area (Å²) < 4.78 is 4.88. The second-order valence-electron chi connectivity index (χ2n) is 10.2. The molecular weight excluding hydrogens is 486 g/mol. The third kappa shape index (κ3) is 5.09. The summed E-state index contributed by atoms with van der Waals surface area (Å²) in [5, 5.41) is 1.29. The number of allylic oxidation sites excluding steroid dienone is 5. The average Bonchev–Trinajstić information content (AvgIpc) is 3.34. The molecule has 0 radical (unpaired) electrons. The molecule has 5 rings (SSSR count). The molecule has 0 saturated carbocycles. The fourth-order valence-electron chi connectivity index (χ4n) is 6.09. The Morgan fingerprint density at radius 1 is 0.700 bits per heavy atom. The first-order valence-corrected chi connectivity index (χ1v) is 14.9. The molecule has 0 spiro atoms. The molecular formula is C37H42N3+. The number of nitrogens with zero attached hydrogens (tertiary/aromatic N) is 3. The van der Waals surface area contributed by atoms with E-state index in [4.69, 9.17) is 0 Å². The number of para-hydroxylation sites is 1. The lowest BCUT2D eigenvalue weighted by atomic mass is 9.87. The van der Waals surface area contributed by atoms with E-state index in [0.717, 1.165) is 32.7 Å². The van der Waals surface area contributed by atoms with Crippen molar-refractivity contribution in [3.8, 4) is 11.3 Å². The first-order chi connectivity index (χ1) is 19.6. The first-order valence-electron chi connectivity index (χ1n) is 14.9. The normalized spacial score (nSPS) is 12.8. The standard InChI is InChI=1S/C37H42N3/c1-6-38(7-2)31-24-20-28(21-25-31)35(29-22-26-32(27-23-29)39(8-3)9-4)36-33-18-14-15-19-34(33)40(10-5)37(36)30-16-12-11-13-17-30/h11-27H,6-10H2,1-5H3/q+1. The van der Waals surface area contributed by atoms with Crippen LogP contribution >= 0.6 is 0 Å². The van der Waals surface area contributed by atoms with Crippen LogP contribution in [0.25, 0.3) is 27.7 Å². The molecule has 1 aliphatic rings. The molecule has 0 bridgehead atoms. The van der Waals surface area contributed by atoms with Crippen LogP contribution in [0.5, 0.6) is 0 Å². The van der Waals surface area contributed by atoms with Gasteiger partial charge >= 0.3 is 0 Å². The molecule has 204 valence electrons. The van der Waals surface area contributed by atoms with Gasteiger partial charge in [-0.2, -0.15) is 0 Å². The number of benzene rings is 3. The molecule has 4 aromatic rings. The van der Waals surface area contributed by atoms with Gasteiger partial charge in [-0.3, -0.25) is 0 Å². The molecule has 1 heterocycles. The summed E-state index contributed by atoms with van der Waals surface area (Å²) in [5.41, 5.74) is 11.4. The van der Waals surface area contributed by atoms with E-state index < -0.39 is 0 Å². The minimum atomic E-state index is 0.903. The summed E-state index contributed by atoms with van der Waals surface area (Å²) in [6, 6.07) is 29.0. The minimum absolute atomic E-state index is 0.903. The molecule has 3 aromatic carbocycles. The lowest BCUT2D eigenvalue weighted by Gasteiger charge is -2.22. The highest BCUT2D eigenvalue weighted by Crippen LogP contribution is 2.43. The zero-order chi connectivity index (χ0) is 28.1. The van der Waals surface area contributed by atoms with E-state index in [9.17, 15) is 0 Å². The minimum Gasteiger partial charge on any atom is -0.372 e. The Hall–Kier alpha value is -4.11. The van der Waals surface area contributed by atoms with Gasteiger partial charge in [0.15, 0.2) is 5.71 Å². The van der Waals surface area contributed by atoms with Gasteiger partial charge in [-0.05, 0) is 87.2 Å². The molecule has 3 heteroatoms. The maximum atomic E-state index is 2.48. The third-order valence-electron chi connectivity index (χ3n) is 8.15. The number of hydrogen-bond donors (Lipinski definition) is 0. The van der Waals surface area contributed by atoms with Crippen LogP contribution < -0.4 is 4.90 Å². The number of aromatic nitrogens is 1. The summed E-state index contributed by atoms with van der Waals surface area (Å²) >= 11 is 0. The summed E-state index contributed by atoms with van der Waals surface area (Å²) in [6.45, 7) is 16.0. The highest BCUT2D eigenvalue weighted by atomic mass is 15.1. The Labute approximate surface area is 240 Å². The van der Waals surface area contributed by atoms with Gasteiger partial charge in [0.25, 0.3) is 0 Å². The summed E-state index contributed by atoms with van der Waals surface area (Å²) in [6.07, 6.45) is 9.20. The molecule has 3 nitrogen and oxygen atoms in total. The average molecular weight is 529 g/mol. The Morgan fingerprint density at radius 3 is 1.93 bits per heavy atom. The molecule has 0 saturated heterocycles. The number of anilines is 1. The van der Waals surface area contributed by atoms with Crippen molar-refractivity contribution < 1.29 is 4.58 Å². The topological polar surface area (TPSA) is 11.2 Å². The molecule has 1 aromatic heterocycles. The zero-order valence-electron chi connectivity index (χ0n) is 24.7. The maximum Gasteiger partial charge on any atom is 0.199 e. The molecule has 0 atom stereocenters. The molecule has 0 fully saturated rings. The summed E-state index contributed by atoms with van der Waals surface area (Å²) in [7, 11) is 0. The van der Waals surface area contributed by atoms with Crippen LogP contribution in [0.15, 0.2) is 109 Å². The van der Waals surface area contributed by atoms with Crippen LogP contribution in [0.1, 0.15) is 45.7 Å². The number of aryl methyl sites for hydroxylation is 1. The zero-order valence-corrected chi connectivity index (χ0v) is 24.7. The van der Waals surface area contributed by atoms with Gasteiger partial charge in [0, 0.05) is 53.9 Å². The van der Waals surface area contributed by atoms with Gasteiger partial charge in [-0.25, -0.2) is 4.58 Å². The largest absolute Gasteiger partial charge is 0.372 e. The van der Waals surface area contributed by atoms with Crippen LogP contribution in [0.3, 0.4) is 0 Å². The lowest BCUT2D eigenvalue weighted by molar-refractivity contribution is -0.519. The molecule has 0 amide bonds. The van der Waals surface area contributed by atoms with E-state index in [2.05, 4.69) is 152 Å². The fraction of sp³-hybridized carbons (Fsp3) is 0.270. The van der Waals surface area contributed by atoms with Crippen molar-refractivity contribution in [1.29, 1.82) is 0 Å². The predicted octanol–water partition coefficient (Wildman–Crippen LogP) is 8.60. The van der Waals surface area contributed by atoms with Crippen molar-refractivity contribution in [2.45, 2.75) is 41.2 Å². The SMILES string of the molecule is CCN(CC)c1ccc(C(=C2C=CC(=[N+](CC)CC)C=C2)c2c(-c3ccccc3)n(CC)c3ccccc23)cc1. The van der Waals surface area contributed by atoms with Gasteiger partial charge in [-0.1, -0.05) is 60.7 Å². The Bertz CT molecular complexity index is 1570. The van der Waals surface area contributed by atoms with Crippen LogP contribution in [0, 0.1) is 0 Å². The molecule has 0 unspecified atom stereocenters. The monoisotopic (exact) mass is 528 g/mol. The van der Waals surface area contributed by atoms with E-state index in [1.807, 2.05) is 0 Å². The highest BCUT2D eigenvalue weighted by Gasteiger charge is 2.24. The Balaban J connectivity index is 1.83. The quantitative estimate of drug-likeness (QED) is 0.198. The van der Waals surface area contributed by atoms with Crippen molar-refractivity contribution in [3.63, 3.8) is 0 Å². The van der Waals surface area contributed by atoms with E-state index in [1.165, 1.54) is 55.8 Å². The lowest BCUT2D eigenvalue weighted by Crippen LogP contribution is -2.21. The molecule has 0 aliphatic heterocycles. The van der Waals surface area contributed by atoms with Crippen LogP contribution in [0.2, 0.25) is 0 Å². The van der Waals surface area contributed by atoms with Crippen LogP contribution in [0.4, 0.5) is 5.69 Å². The number of fused-ring (bicyclic) bond motifs is 1. The van der Waals surface area contributed by atoms with E-state index >= 15 is 0 Å². The Morgan fingerprint density at radius 2 is 1.32 bits per heavy atom. The molecule has 0 N–H and O–H groups in total. The van der Waals surface area contributed by atoms with Gasteiger partial charge in [0.05, 0.1) is 5.69 Å². The molecule has 1 aliphatic carbocycles. The van der Waals surface area contributed by atoms with Gasteiger partial charge < -0.3 is 9.47 Å². The van der Waals surface area contributed by atoms with Crippen molar-refractivity contribution >= 4 is 27.9 Å². The smallest absolute Gasteiger partial charge is 0.199 e.